The summed E-state index contributed by atoms with van der Waals surface area (Å²) in [6, 6.07) is 12.0. The summed E-state index contributed by atoms with van der Waals surface area (Å²) < 4.78 is 0. The SMILES string of the molecule is CCc1cccc2c1NC(=O)CC(=O)N2c1ccc(NC(=O)O)cc1. The highest BCUT2D eigenvalue weighted by atomic mass is 16.4. The highest BCUT2D eigenvalue weighted by Gasteiger charge is 2.28. The maximum absolute atomic E-state index is 12.6. The van der Waals surface area contributed by atoms with Crippen molar-refractivity contribution in [3.8, 4) is 0 Å². The fourth-order valence-electron chi connectivity index (χ4n) is 2.85. The number of anilines is 4. The van der Waals surface area contributed by atoms with E-state index in [0.717, 1.165) is 5.56 Å². The van der Waals surface area contributed by atoms with E-state index in [1.165, 1.54) is 4.90 Å². The van der Waals surface area contributed by atoms with E-state index in [1.54, 1.807) is 30.3 Å². The minimum absolute atomic E-state index is 0.257. The largest absolute Gasteiger partial charge is 0.465 e. The molecule has 0 bridgehead atoms. The van der Waals surface area contributed by atoms with Crippen molar-refractivity contribution in [2.24, 2.45) is 0 Å². The Morgan fingerprint density at radius 2 is 1.92 bits per heavy atom. The lowest BCUT2D eigenvalue weighted by Gasteiger charge is -2.23. The van der Waals surface area contributed by atoms with Gasteiger partial charge in [-0.2, -0.15) is 0 Å². The number of carboxylic acid groups (broad SMARTS) is 1. The minimum Gasteiger partial charge on any atom is -0.465 e. The van der Waals surface area contributed by atoms with Crippen LogP contribution in [-0.4, -0.2) is 23.0 Å². The van der Waals surface area contributed by atoms with Crippen molar-refractivity contribution in [2.75, 3.05) is 15.5 Å². The van der Waals surface area contributed by atoms with Crippen molar-refractivity contribution >= 4 is 40.7 Å². The Kier molecular flexibility index (Phi) is 4.38. The van der Waals surface area contributed by atoms with Gasteiger partial charge in [0.15, 0.2) is 0 Å². The van der Waals surface area contributed by atoms with Gasteiger partial charge in [0.25, 0.3) is 0 Å². The lowest BCUT2D eigenvalue weighted by molar-refractivity contribution is -0.124. The zero-order valence-corrected chi connectivity index (χ0v) is 13.6. The van der Waals surface area contributed by atoms with E-state index in [9.17, 15) is 14.4 Å². The molecule has 25 heavy (non-hydrogen) atoms. The van der Waals surface area contributed by atoms with Gasteiger partial charge in [-0.15, -0.1) is 0 Å². The van der Waals surface area contributed by atoms with E-state index in [2.05, 4.69) is 10.6 Å². The van der Waals surface area contributed by atoms with E-state index >= 15 is 0 Å². The number of rotatable bonds is 3. The molecule has 0 fully saturated rings. The molecule has 0 unspecified atom stereocenters. The van der Waals surface area contributed by atoms with Gasteiger partial charge in [0.2, 0.25) is 11.8 Å². The van der Waals surface area contributed by atoms with Crippen LogP contribution in [0.15, 0.2) is 42.5 Å². The molecule has 2 aromatic rings. The van der Waals surface area contributed by atoms with E-state index < -0.39 is 6.09 Å². The first kappa shape index (κ1) is 16.5. The lowest BCUT2D eigenvalue weighted by Crippen LogP contribution is -2.26. The topological polar surface area (TPSA) is 98.7 Å². The number of carbonyl (C=O) groups is 3. The maximum atomic E-state index is 12.6. The van der Waals surface area contributed by atoms with Crippen molar-refractivity contribution in [1.29, 1.82) is 0 Å². The maximum Gasteiger partial charge on any atom is 0.409 e. The van der Waals surface area contributed by atoms with Crippen LogP contribution >= 0.6 is 0 Å². The molecule has 3 rings (SSSR count). The molecule has 0 spiro atoms. The summed E-state index contributed by atoms with van der Waals surface area (Å²) in [6.07, 6.45) is -0.703. The first-order valence-corrected chi connectivity index (χ1v) is 7.84. The number of nitrogens with one attached hydrogen (secondary N) is 2. The summed E-state index contributed by atoms with van der Waals surface area (Å²) in [6.45, 7) is 1.98. The number of carbonyl (C=O) groups excluding carboxylic acids is 2. The molecule has 7 nitrogen and oxygen atoms in total. The molecule has 3 amide bonds. The highest BCUT2D eigenvalue weighted by molar-refractivity contribution is 6.17. The van der Waals surface area contributed by atoms with E-state index in [4.69, 9.17) is 5.11 Å². The molecule has 0 saturated heterocycles. The summed E-state index contributed by atoms with van der Waals surface area (Å²) in [7, 11) is 0. The number of para-hydroxylation sites is 1. The molecule has 1 aliphatic rings. The molecule has 0 saturated carbocycles. The van der Waals surface area contributed by atoms with Gasteiger partial charge in [0.1, 0.15) is 6.42 Å². The second-order valence-corrected chi connectivity index (χ2v) is 5.60. The molecule has 2 aromatic carbocycles. The van der Waals surface area contributed by atoms with Crippen LogP contribution in [0.4, 0.5) is 27.5 Å². The van der Waals surface area contributed by atoms with Crippen LogP contribution in [0.2, 0.25) is 0 Å². The Balaban J connectivity index is 2.07. The Morgan fingerprint density at radius 3 is 2.56 bits per heavy atom. The first-order chi connectivity index (χ1) is 12.0. The molecule has 3 N–H and O–H groups in total. The standard InChI is InChI=1S/C18H17N3O4/c1-2-11-4-3-5-14-17(11)20-15(22)10-16(23)21(14)13-8-6-12(7-9-13)19-18(24)25/h3-9,19H,2,10H2,1H3,(H,20,22)(H,24,25). The van der Waals surface area contributed by atoms with Gasteiger partial charge in [-0.25, -0.2) is 4.79 Å². The smallest absolute Gasteiger partial charge is 0.409 e. The zero-order valence-electron chi connectivity index (χ0n) is 13.6. The fourth-order valence-corrected chi connectivity index (χ4v) is 2.85. The lowest BCUT2D eigenvalue weighted by atomic mass is 10.1. The third kappa shape index (κ3) is 3.30. The van der Waals surface area contributed by atoms with Crippen LogP contribution in [0.25, 0.3) is 0 Å². The average molecular weight is 339 g/mol. The predicted octanol–water partition coefficient (Wildman–Crippen LogP) is 3.35. The average Bonchev–Trinajstić information content (AvgIpc) is 2.69. The van der Waals surface area contributed by atoms with Gasteiger partial charge >= 0.3 is 6.09 Å². The van der Waals surface area contributed by atoms with Gasteiger partial charge in [0, 0.05) is 11.4 Å². The zero-order chi connectivity index (χ0) is 18.0. The quantitative estimate of drug-likeness (QED) is 0.747. The molecule has 1 aliphatic heterocycles. The molecular formula is C18H17N3O4. The molecule has 0 aliphatic carbocycles. The number of aryl methyl sites for hydroxylation is 1. The number of hydrogen-bond donors (Lipinski definition) is 3. The van der Waals surface area contributed by atoms with Crippen molar-refractivity contribution in [3.05, 3.63) is 48.0 Å². The second-order valence-electron chi connectivity index (χ2n) is 5.60. The van der Waals surface area contributed by atoms with E-state index in [1.807, 2.05) is 19.1 Å². The van der Waals surface area contributed by atoms with Crippen molar-refractivity contribution < 1.29 is 19.5 Å². The Bertz CT molecular complexity index is 846. The molecular weight excluding hydrogens is 322 g/mol. The molecule has 0 atom stereocenters. The van der Waals surface area contributed by atoms with Crippen LogP contribution in [0.1, 0.15) is 18.9 Å². The Morgan fingerprint density at radius 1 is 1.20 bits per heavy atom. The third-order valence-corrected chi connectivity index (χ3v) is 3.95. The molecule has 0 aromatic heterocycles. The Hall–Kier alpha value is -3.35. The van der Waals surface area contributed by atoms with E-state index in [-0.39, 0.29) is 18.2 Å². The minimum atomic E-state index is -1.16. The van der Waals surface area contributed by atoms with Gasteiger partial charge in [-0.1, -0.05) is 19.1 Å². The van der Waals surface area contributed by atoms with Crippen LogP contribution < -0.4 is 15.5 Å². The first-order valence-electron chi connectivity index (χ1n) is 7.84. The summed E-state index contributed by atoms with van der Waals surface area (Å²) in [4.78, 5) is 36.8. The van der Waals surface area contributed by atoms with Gasteiger partial charge in [-0.05, 0) is 42.3 Å². The van der Waals surface area contributed by atoms with Crippen molar-refractivity contribution in [1.82, 2.24) is 0 Å². The second kappa shape index (κ2) is 6.64. The van der Waals surface area contributed by atoms with Crippen LogP contribution in [-0.2, 0) is 16.0 Å². The third-order valence-electron chi connectivity index (χ3n) is 3.95. The number of benzene rings is 2. The summed E-state index contributed by atoms with van der Waals surface area (Å²) in [5.41, 5.74) is 3.14. The number of hydrogen-bond acceptors (Lipinski definition) is 3. The fraction of sp³-hybridized carbons (Fsp3) is 0.167. The van der Waals surface area contributed by atoms with E-state index in [0.29, 0.717) is 29.2 Å². The molecule has 1 heterocycles. The summed E-state index contributed by atoms with van der Waals surface area (Å²) in [5, 5.41) is 13.8. The predicted molar refractivity (Wildman–Crippen MR) is 94.3 cm³/mol. The van der Waals surface area contributed by atoms with Crippen LogP contribution in [0.3, 0.4) is 0 Å². The van der Waals surface area contributed by atoms with Gasteiger partial charge in [0.05, 0.1) is 11.4 Å². The normalized spacial score (nSPS) is 13.7. The number of amides is 3. The summed E-state index contributed by atoms with van der Waals surface area (Å²) >= 11 is 0. The number of nitrogens with zero attached hydrogens (tertiary/aromatic N) is 1. The van der Waals surface area contributed by atoms with Crippen LogP contribution in [0.5, 0.6) is 0 Å². The monoisotopic (exact) mass is 339 g/mol. The number of fused-ring (bicyclic) bond motifs is 1. The molecule has 7 heteroatoms. The van der Waals surface area contributed by atoms with Gasteiger partial charge < -0.3 is 10.4 Å². The van der Waals surface area contributed by atoms with Crippen molar-refractivity contribution in [2.45, 2.75) is 19.8 Å². The van der Waals surface area contributed by atoms with Crippen molar-refractivity contribution in [3.63, 3.8) is 0 Å². The molecule has 0 radical (unpaired) electrons. The Labute approximate surface area is 144 Å². The van der Waals surface area contributed by atoms with Gasteiger partial charge in [-0.3, -0.25) is 19.8 Å². The summed E-state index contributed by atoms with van der Waals surface area (Å²) in [5.74, 6) is -0.692. The molecule has 128 valence electrons. The highest BCUT2D eigenvalue weighted by Crippen LogP contribution is 2.37. The van der Waals surface area contributed by atoms with Crippen LogP contribution in [0, 0.1) is 0 Å².